The maximum atomic E-state index is 13.4. The summed E-state index contributed by atoms with van der Waals surface area (Å²) in [7, 11) is 0. The molecule has 1 heterocycles. The molecule has 3 aromatic rings. The monoisotopic (exact) mass is 460 g/mol. The second-order valence-electron chi connectivity index (χ2n) is 7.75. The number of fused-ring (bicyclic) bond motifs is 1. The van der Waals surface area contributed by atoms with Gasteiger partial charge in [0.05, 0.1) is 23.1 Å². The third kappa shape index (κ3) is 5.42. The lowest BCUT2D eigenvalue weighted by molar-refractivity contribution is -0.138. The fourth-order valence-electron chi connectivity index (χ4n) is 3.56. The molecule has 6 nitrogen and oxygen atoms in total. The molecular formula is C24H23F3N2O4. The lowest BCUT2D eigenvalue weighted by atomic mass is 10.1. The second-order valence-corrected chi connectivity index (χ2v) is 7.75. The number of aromatic hydroxyl groups is 1. The Morgan fingerprint density at radius 1 is 1.03 bits per heavy atom. The fourth-order valence-corrected chi connectivity index (χ4v) is 3.56. The number of alkyl halides is 3. The van der Waals surface area contributed by atoms with Gasteiger partial charge in [0.2, 0.25) is 5.88 Å². The van der Waals surface area contributed by atoms with Crippen molar-refractivity contribution in [3.05, 3.63) is 59.2 Å². The minimum Gasteiger partial charge on any atom is -0.494 e. The highest BCUT2D eigenvalue weighted by Gasteiger charge is 2.32. The number of aliphatic carboxylic acids is 1. The van der Waals surface area contributed by atoms with E-state index in [0.29, 0.717) is 16.8 Å². The molecular weight excluding hydrogens is 437 g/mol. The van der Waals surface area contributed by atoms with Gasteiger partial charge in [-0.25, -0.2) is 0 Å². The highest BCUT2D eigenvalue weighted by Crippen LogP contribution is 2.38. The smallest absolute Gasteiger partial charge is 0.416 e. The normalized spacial score (nSPS) is 12.3. The molecule has 0 unspecified atom stereocenters. The van der Waals surface area contributed by atoms with Crippen molar-refractivity contribution in [3.63, 3.8) is 0 Å². The van der Waals surface area contributed by atoms with Gasteiger partial charge in [-0.15, -0.1) is 0 Å². The number of hydrogen-bond donors (Lipinski definition) is 2. The summed E-state index contributed by atoms with van der Waals surface area (Å²) in [5, 5.41) is 20.1. The predicted octanol–water partition coefficient (Wildman–Crippen LogP) is 5.30. The zero-order chi connectivity index (χ0) is 24.3. The van der Waals surface area contributed by atoms with Crippen LogP contribution in [0.25, 0.3) is 16.6 Å². The first-order valence-corrected chi connectivity index (χ1v) is 10.3. The highest BCUT2D eigenvalue weighted by atomic mass is 19.4. The quantitative estimate of drug-likeness (QED) is 0.447. The van der Waals surface area contributed by atoms with E-state index in [2.05, 4.69) is 4.99 Å². The van der Waals surface area contributed by atoms with Gasteiger partial charge in [0.1, 0.15) is 5.78 Å². The first-order valence-electron chi connectivity index (χ1n) is 10.3. The maximum absolute atomic E-state index is 13.4. The number of halogens is 3. The van der Waals surface area contributed by atoms with Crippen molar-refractivity contribution in [2.45, 2.75) is 39.3 Å². The molecule has 0 fully saturated rings. The largest absolute Gasteiger partial charge is 0.494 e. The van der Waals surface area contributed by atoms with Crippen LogP contribution >= 0.6 is 0 Å². The molecule has 0 aliphatic carbocycles. The van der Waals surface area contributed by atoms with Crippen LogP contribution in [0.3, 0.4) is 0 Å². The topological polar surface area (TPSA) is 91.9 Å². The molecule has 0 spiro atoms. The summed E-state index contributed by atoms with van der Waals surface area (Å²) < 4.78 is 41.4. The first-order chi connectivity index (χ1) is 15.5. The number of aromatic nitrogens is 1. The van der Waals surface area contributed by atoms with Crippen molar-refractivity contribution < 1.29 is 33.0 Å². The molecule has 0 aliphatic heterocycles. The fraction of sp³-hybridized carbons (Fsp3) is 0.292. The van der Waals surface area contributed by atoms with Crippen molar-refractivity contribution in [2.24, 2.45) is 4.99 Å². The van der Waals surface area contributed by atoms with E-state index in [1.807, 2.05) is 6.92 Å². The molecule has 0 amide bonds. The van der Waals surface area contributed by atoms with E-state index in [4.69, 9.17) is 5.11 Å². The Bertz CT molecular complexity index is 1230. The molecule has 33 heavy (non-hydrogen) atoms. The van der Waals surface area contributed by atoms with E-state index < -0.39 is 17.7 Å². The first kappa shape index (κ1) is 24.0. The number of carboxylic acid groups (broad SMARTS) is 1. The molecule has 174 valence electrons. The van der Waals surface area contributed by atoms with E-state index in [-0.39, 0.29) is 48.6 Å². The van der Waals surface area contributed by atoms with Crippen molar-refractivity contribution in [2.75, 3.05) is 6.54 Å². The number of ketones is 1. The van der Waals surface area contributed by atoms with Crippen LogP contribution < -0.4 is 0 Å². The Hall–Kier alpha value is -3.62. The summed E-state index contributed by atoms with van der Waals surface area (Å²) in [4.78, 5) is 26.7. The molecule has 1 aromatic heterocycles. The number of Topliss-reactive ketones (excluding diaryl/α,β-unsaturated/α-hetero) is 1. The molecule has 2 N–H and O–H groups in total. The third-order valence-electron chi connectivity index (χ3n) is 5.28. The van der Waals surface area contributed by atoms with Crippen molar-refractivity contribution in [1.29, 1.82) is 0 Å². The van der Waals surface area contributed by atoms with Gasteiger partial charge in [-0.3, -0.25) is 19.1 Å². The molecule has 0 saturated heterocycles. The predicted molar refractivity (Wildman–Crippen MR) is 118 cm³/mol. The van der Waals surface area contributed by atoms with Crippen molar-refractivity contribution >= 4 is 28.4 Å². The van der Waals surface area contributed by atoms with Crippen LogP contribution in [0, 0.1) is 6.92 Å². The lowest BCUT2D eigenvalue weighted by Crippen LogP contribution is -2.05. The minimum atomic E-state index is -4.55. The summed E-state index contributed by atoms with van der Waals surface area (Å²) in [6.07, 6.45) is -4.87. The zero-order valence-electron chi connectivity index (χ0n) is 18.1. The van der Waals surface area contributed by atoms with Gasteiger partial charge in [0, 0.05) is 36.2 Å². The average molecular weight is 460 g/mol. The van der Waals surface area contributed by atoms with E-state index in [1.165, 1.54) is 10.6 Å². The number of carbonyl (C=O) groups excluding carboxylic acids is 1. The van der Waals surface area contributed by atoms with Crippen molar-refractivity contribution in [1.82, 2.24) is 4.57 Å². The number of rotatable bonds is 8. The van der Waals surface area contributed by atoms with Crippen LogP contribution in [0.15, 0.2) is 47.5 Å². The number of carbonyl (C=O) groups is 2. The Kier molecular flexibility index (Phi) is 6.90. The molecule has 0 atom stereocenters. The van der Waals surface area contributed by atoms with Gasteiger partial charge in [-0.2, -0.15) is 13.2 Å². The summed E-state index contributed by atoms with van der Waals surface area (Å²) in [6, 6.07) is 10.2. The van der Waals surface area contributed by atoms with Gasteiger partial charge in [0.25, 0.3) is 0 Å². The molecule has 3 rings (SSSR count). The van der Waals surface area contributed by atoms with Crippen molar-refractivity contribution in [3.8, 4) is 11.6 Å². The number of nitrogens with zero attached hydrogens (tertiary/aromatic N) is 2. The Morgan fingerprint density at radius 2 is 1.70 bits per heavy atom. The Morgan fingerprint density at radius 3 is 2.30 bits per heavy atom. The van der Waals surface area contributed by atoms with Crippen LogP contribution in [-0.4, -0.2) is 38.8 Å². The number of aliphatic imine (C=N–C) groups is 1. The van der Waals surface area contributed by atoms with Crippen LogP contribution in [0.1, 0.15) is 42.9 Å². The van der Waals surface area contributed by atoms with Gasteiger partial charge >= 0.3 is 12.1 Å². The summed E-state index contributed by atoms with van der Waals surface area (Å²) in [5.74, 6) is -1.57. The maximum Gasteiger partial charge on any atom is 0.416 e. The van der Waals surface area contributed by atoms with Gasteiger partial charge in [-0.1, -0.05) is 23.8 Å². The van der Waals surface area contributed by atoms with Gasteiger partial charge in [-0.05, 0) is 38.1 Å². The number of aryl methyl sites for hydroxylation is 1. The molecule has 0 radical (unpaired) electrons. The lowest BCUT2D eigenvalue weighted by Gasteiger charge is -2.10. The number of carboxylic acids is 1. The van der Waals surface area contributed by atoms with E-state index in [1.54, 1.807) is 31.2 Å². The Labute approximate surface area is 188 Å². The van der Waals surface area contributed by atoms with Gasteiger partial charge < -0.3 is 10.2 Å². The molecule has 2 aromatic carbocycles. The van der Waals surface area contributed by atoms with Crippen LogP contribution in [0.2, 0.25) is 0 Å². The van der Waals surface area contributed by atoms with Crippen LogP contribution in [0.5, 0.6) is 5.88 Å². The third-order valence-corrected chi connectivity index (χ3v) is 5.28. The molecule has 0 saturated carbocycles. The Balaban J connectivity index is 2.04. The highest BCUT2D eigenvalue weighted by molar-refractivity contribution is 6.12. The molecule has 0 aliphatic rings. The standard InChI is InChI=1S/C24H23F3N2O4/c1-14-3-6-17(7-4-14)29-20-13-16(24(25,26)27)5-9-19(20)22(23(29)33)15(2)28-12-11-18(30)8-10-21(31)32/h3-7,9,13,33H,8,10-12H2,1-2H3,(H,31,32). The molecule has 9 heteroatoms. The van der Waals surface area contributed by atoms with Crippen LogP contribution in [-0.2, 0) is 15.8 Å². The summed E-state index contributed by atoms with van der Waals surface area (Å²) in [5.41, 5.74) is 1.41. The van der Waals surface area contributed by atoms with E-state index in [9.17, 15) is 27.9 Å². The summed E-state index contributed by atoms with van der Waals surface area (Å²) in [6.45, 7) is 3.55. The van der Waals surface area contributed by atoms with E-state index in [0.717, 1.165) is 17.7 Å². The number of hydrogen-bond acceptors (Lipinski definition) is 4. The van der Waals surface area contributed by atoms with Gasteiger partial charge in [0.15, 0.2) is 0 Å². The summed E-state index contributed by atoms with van der Waals surface area (Å²) >= 11 is 0. The van der Waals surface area contributed by atoms with E-state index >= 15 is 0 Å². The molecule has 0 bridgehead atoms. The SMILES string of the molecule is CC(=NCCC(=O)CCC(=O)O)c1c(O)n(-c2ccc(C)cc2)c2cc(C(F)(F)F)ccc12. The number of benzene rings is 2. The minimum absolute atomic E-state index is 0.0280. The average Bonchev–Trinajstić information content (AvgIpc) is 3.03. The second kappa shape index (κ2) is 9.48. The van der Waals surface area contributed by atoms with Crippen LogP contribution in [0.4, 0.5) is 13.2 Å². The zero-order valence-corrected chi connectivity index (χ0v) is 18.1.